The fraction of sp³-hybridized carbons (Fsp3) is 0.423. The first-order valence-electron chi connectivity index (χ1n) is 12.6. The van der Waals surface area contributed by atoms with Gasteiger partial charge in [0.2, 0.25) is 10.0 Å². The topological polar surface area (TPSA) is 124 Å². The van der Waals surface area contributed by atoms with E-state index in [4.69, 9.17) is 10.5 Å². The van der Waals surface area contributed by atoms with Gasteiger partial charge in [0.25, 0.3) is 5.91 Å². The van der Waals surface area contributed by atoms with Gasteiger partial charge in [0.1, 0.15) is 17.1 Å². The van der Waals surface area contributed by atoms with Gasteiger partial charge in [-0.15, -0.1) is 5.10 Å². The number of rotatable bonds is 10. The molecule has 1 fully saturated rings. The van der Waals surface area contributed by atoms with Crippen LogP contribution in [0.5, 0.6) is 5.75 Å². The first kappa shape index (κ1) is 27.7. The minimum absolute atomic E-state index is 0.0351. The summed E-state index contributed by atoms with van der Waals surface area (Å²) in [6.45, 7) is 5.32. The van der Waals surface area contributed by atoms with E-state index >= 15 is 0 Å². The van der Waals surface area contributed by atoms with Crippen LogP contribution in [0.25, 0.3) is 22.2 Å². The Hall–Kier alpha value is -3.35. The lowest BCUT2D eigenvalue weighted by molar-refractivity contribution is 0.0793. The summed E-state index contributed by atoms with van der Waals surface area (Å²) in [5.74, 6) is -0.247. The van der Waals surface area contributed by atoms with E-state index in [-0.39, 0.29) is 23.9 Å². The third-order valence-electron chi connectivity index (χ3n) is 6.71. The van der Waals surface area contributed by atoms with Crippen LogP contribution in [0.3, 0.4) is 0 Å². The molecule has 2 N–H and O–H groups in total. The second-order valence-corrected chi connectivity index (χ2v) is 10.9. The van der Waals surface area contributed by atoms with E-state index in [1.807, 2.05) is 0 Å². The quantitative estimate of drug-likeness (QED) is 0.416. The van der Waals surface area contributed by atoms with E-state index in [1.165, 1.54) is 34.3 Å². The van der Waals surface area contributed by atoms with Crippen LogP contribution < -0.4 is 10.5 Å². The van der Waals surface area contributed by atoms with Gasteiger partial charge < -0.3 is 15.4 Å². The number of benzene rings is 2. The molecule has 1 amide bonds. The molecule has 2 heterocycles. The SMILES string of the molecule is CCN(CC)S(=O)(=O)c1ccc(OC)c(-c2cc(C(=O)N3CCCC3)cc3c2nnn3C/C(F)=C/CN)c1. The molecule has 0 radical (unpaired) electrons. The van der Waals surface area contributed by atoms with Crippen LogP contribution in [0.1, 0.15) is 37.0 Å². The number of hydrogen-bond acceptors (Lipinski definition) is 7. The second-order valence-electron chi connectivity index (χ2n) is 8.98. The van der Waals surface area contributed by atoms with E-state index in [0.29, 0.717) is 59.7 Å². The number of methoxy groups -OCH3 is 1. The van der Waals surface area contributed by atoms with Crippen LogP contribution in [0, 0.1) is 0 Å². The molecule has 1 aromatic heterocycles. The molecule has 0 saturated carbocycles. The van der Waals surface area contributed by atoms with Crippen molar-refractivity contribution < 1.29 is 22.3 Å². The zero-order valence-electron chi connectivity index (χ0n) is 21.9. The monoisotopic (exact) mass is 544 g/mol. The smallest absolute Gasteiger partial charge is 0.253 e. The van der Waals surface area contributed by atoms with Crippen molar-refractivity contribution in [3.05, 3.63) is 47.8 Å². The maximum atomic E-state index is 14.4. The fourth-order valence-corrected chi connectivity index (χ4v) is 6.21. The lowest BCUT2D eigenvalue weighted by Crippen LogP contribution is -2.30. The molecule has 38 heavy (non-hydrogen) atoms. The molecule has 0 aliphatic carbocycles. The summed E-state index contributed by atoms with van der Waals surface area (Å²) >= 11 is 0. The van der Waals surface area contributed by atoms with Crippen LogP contribution in [-0.4, -0.2) is 78.4 Å². The van der Waals surface area contributed by atoms with Gasteiger partial charge in [-0.3, -0.25) is 4.79 Å². The largest absolute Gasteiger partial charge is 0.496 e. The number of aromatic nitrogens is 3. The number of likely N-dealkylation sites (tertiary alicyclic amines) is 1. The van der Waals surface area contributed by atoms with Gasteiger partial charge in [0.05, 0.1) is 24.1 Å². The number of carbonyl (C=O) groups is 1. The molecule has 0 spiro atoms. The Morgan fingerprint density at radius 2 is 1.87 bits per heavy atom. The lowest BCUT2D eigenvalue weighted by atomic mass is 9.99. The van der Waals surface area contributed by atoms with Crippen molar-refractivity contribution in [1.82, 2.24) is 24.2 Å². The molecule has 1 saturated heterocycles. The molecular formula is C26H33FN6O4S. The van der Waals surface area contributed by atoms with Gasteiger partial charge in [-0.1, -0.05) is 19.1 Å². The highest BCUT2D eigenvalue weighted by Crippen LogP contribution is 2.38. The number of fused-ring (bicyclic) bond motifs is 1. The number of sulfonamides is 1. The molecule has 3 aromatic rings. The van der Waals surface area contributed by atoms with Crippen molar-refractivity contribution >= 4 is 27.0 Å². The van der Waals surface area contributed by atoms with Crippen LogP contribution in [0.4, 0.5) is 4.39 Å². The minimum Gasteiger partial charge on any atom is -0.496 e. The molecule has 0 unspecified atom stereocenters. The third kappa shape index (κ3) is 5.29. The molecule has 2 aromatic carbocycles. The Kier molecular flexibility index (Phi) is 8.44. The van der Waals surface area contributed by atoms with E-state index in [0.717, 1.165) is 12.8 Å². The number of allylic oxidation sites excluding steroid dienone is 1. The second kappa shape index (κ2) is 11.6. The summed E-state index contributed by atoms with van der Waals surface area (Å²) in [5, 5.41) is 8.42. The van der Waals surface area contributed by atoms with Crippen molar-refractivity contribution in [2.45, 2.75) is 38.1 Å². The Labute approximate surface area is 221 Å². The average Bonchev–Trinajstić information content (AvgIpc) is 3.59. The Bertz CT molecular complexity index is 1460. The molecule has 4 rings (SSSR count). The van der Waals surface area contributed by atoms with E-state index in [1.54, 1.807) is 36.9 Å². The summed E-state index contributed by atoms with van der Waals surface area (Å²) in [7, 11) is -2.29. The van der Waals surface area contributed by atoms with E-state index in [9.17, 15) is 17.6 Å². The number of carbonyl (C=O) groups excluding carboxylic acids is 1. The van der Waals surface area contributed by atoms with Crippen LogP contribution in [-0.2, 0) is 16.6 Å². The maximum absolute atomic E-state index is 14.4. The zero-order valence-corrected chi connectivity index (χ0v) is 22.7. The zero-order chi connectivity index (χ0) is 27.4. The molecule has 12 heteroatoms. The summed E-state index contributed by atoms with van der Waals surface area (Å²) in [6, 6.07) is 7.94. The van der Waals surface area contributed by atoms with Crippen molar-refractivity contribution in [3.63, 3.8) is 0 Å². The molecule has 1 aliphatic rings. The van der Waals surface area contributed by atoms with Crippen molar-refractivity contribution in [3.8, 4) is 16.9 Å². The van der Waals surface area contributed by atoms with Gasteiger partial charge in [0, 0.05) is 49.4 Å². The van der Waals surface area contributed by atoms with Crippen molar-refractivity contribution in [1.29, 1.82) is 0 Å². The highest BCUT2D eigenvalue weighted by atomic mass is 32.2. The Morgan fingerprint density at radius 1 is 1.16 bits per heavy atom. The van der Waals surface area contributed by atoms with Crippen molar-refractivity contribution in [2.24, 2.45) is 5.73 Å². The van der Waals surface area contributed by atoms with Crippen LogP contribution >= 0.6 is 0 Å². The standard InChI is InChI=1S/C26H33FN6O4S/c1-4-32(5-2)38(35,36)20-8-9-24(37-3)21(16-20)22-14-18(26(34)31-12-6-7-13-31)15-23-25(22)29-30-33(23)17-19(27)10-11-28/h8-10,14-16H,4-7,11-13,17,28H2,1-3H3/b19-10-. The van der Waals surface area contributed by atoms with Gasteiger partial charge in [0.15, 0.2) is 0 Å². The van der Waals surface area contributed by atoms with Crippen LogP contribution in [0.2, 0.25) is 0 Å². The Balaban J connectivity index is 1.95. The summed E-state index contributed by atoms with van der Waals surface area (Å²) in [6.07, 6.45) is 3.10. The van der Waals surface area contributed by atoms with Gasteiger partial charge >= 0.3 is 0 Å². The summed E-state index contributed by atoms with van der Waals surface area (Å²) < 4.78 is 49.3. The number of halogens is 1. The number of ether oxygens (including phenoxy) is 1. The normalized spacial score (nSPS) is 14.6. The molecule has 10 nitrogen and oxygen atoms in total. The highest BCUT2D eigenvalue weighted by molar-refractivity contribution is 7.89. The summed E-state index contributed by atoms with van der Waals surface area (Å²) in [4.78, 5) is 15.3. The van der Waals surface area contributed by atoms with Crippen molar-refractivity contribution in [2.75, 3.05) is 39.8 Å². The van der Waals surface area contributed by atoms with E-state index in [2.05, 4.69) is 10.3 Å². The molecular weight excluding hydrogens is 511 g/mol. The Morgan fingerprint density at radius 3 is 2.50 bits per heavy atom. The minimum atomic E-state index is -3.77. The number of nitrogens with two attached hydrogens (primary N) is 1. The first-order valence-corrected chi connectivity index (χ1v) is 14.1. The fourth-order valence-electron chi connectivity index (χ4n) is 4.72. The molecule has 204 valence electrons. The van der Waals surface area contributed by atoms with E-state index < -0.39 is 15.9 Å². The maximum Gasteiger partial charge on any atom is 0.253 e. The molecule has 0 bridgehead atoms. The predicted octanol–water partition coefficient (Wildman–Crippen LogP) is 3.19. The summed E-state index contributed by atoms with van der Waals surface area (Å²) in [5.41, 5.74) is 7.55. The number of amides is 1. The average molecular weight is 545 g/mol. The van der Waals surface area contributed by atoms with Gasteiger partial charge in [-0.25, -0.2) is 17.5 Å². The van der Waals surface area contributed by atoms with Gasteiger partial charge in [-0.2, -0.15) is 4.31 Å². The number of nitrogens with zero attached hydrogens (tertiary/aromatic N) is 5. The molecule has 1 aliphatic heterocycles. The third-order valence-corrected chi connectivity index (χ3v) is 8.75. The predicted molar refractivity (Wildman–Crippen MR) is 143 cm³/mol. The lowest BCUT2D eigenvalue weighted by Gasteiger charge is -2.20. The molecule has 0 atom stereocenters. The highest BCUT2D eigenvalue weighted by Gasteiger charge is 2.26. The number of hydrogen-bond donors (Lipinski definition) is 1. The van der Waals surface area contributed by atoms with Gasteiger partial charge in [-0.05, 0) is 49.2 Å². The van der Waals surface area contributed by atoms with Crippen LogP contribution in [0.15, 0.2) is 47.1 Å². The first-order chi connectivity index (χ1) is 18.2.